The number of hydrogen-bond donors (Lipinski definition) is 4. The van der Waals surface area contributed by atoms with Gasteiger partial charge in [0.1, 0.15) is 11.9 Å². The Labute approximate surface area is 173 Å². The maximum Gasteiger partial charge on any atom is 0.261 e. The second kappa shape index (κ2) is 5.57. The lowest BCUT2D eigenvalue weighted by molar-refractivity contribution is -0.173. The smallest absolute Gasteiger partial charge is 0.261 e. The van der Waals surface area contributed by atoms with E-state index in [1.165, 1.54) is 43.5 Å². The number of fused-ring (bicyclic) bond motifs is 3. The minimum atomic E-state index is -1.35. The number of amides is 2. The third-order valence-electron chi connectivity index (χ3n) is 7.52. The predicted molar refractivity (Wildman–Crippen MR) is 101 cm³/mol. The molecule has 0 radical (unpaired) electrons. The molecule has 0 aromatic heterocycles. The van der Waals surface area contributed by atoms with Crippen LogP contribution in [0.3, 0.4) is 0 Å². The molecule has 9 nitrogen and oxygen atoms in total. The lowest BCUT2D eigenvalue weighted by Gasteiger charge is -2.59. The van der Waals surface area contributed by atoms with E-state index in [-0.39, 0.29) is 36.9 Å². The fourth-order valence-corrected chi connectivity index (χ4v) is 10.1. The van der Waals surface area contributed by atoms with Crippen molar-refractivity contribution in [1.82, 2.24) is 9.80 Å². The molecule has 29 heavy (non-hydrogen) atoms. The zero-order valence-corrected chi connectivity index (χ0v) is 16.8. The van der Waals surface area contributed by atoms with Crippen LogP contribution < -0.4 is 0 Å². The number of rotatable bonds is 0. The van der Waals surface area contributed by atoms with Crippen molar-refractivity contribution < 1.29 is 34.8 Å². The van der Waals surface area contributed by atoms with Gasteiger partial charge in [-0.25, -0.2) is 0 Å². The minimum absolute atomic E-state index is 0.0843. The van der Waals surface area contributed by atoms with Crippen molar-refractivity contribution in [2.75, 3.05) is 0 Å². The highest BCUT2D eigenvalue weighted by Gasteiger charge is 2.79. The quantitative estimate of drug-likeness (QED) is 0.254. The van der Waals surface area contributed by atoms with Crippen LogP contribution in [0.15, 0.2) is 12.2 Å². The molecule has 2 spiro atoms. The van der Waals surface area contributed by atoms with E-state index in [4.69, 9.17) is 0 Å². The first-order valence-corrected chi connectivity index (χ1v) is 11.9. The fourth-order valence-electron chi connectivity index (χ4n) is 6.24. The maximum atomic E-state index is 13.8. The predicted octanol–water partition coefficient (Wildman–Crippen LogP) is -1.79. The van der Waals surface area contributed by atoms with Crippen molar-refractivity contribution >= 4 is 39.2 Å². The summed E-state index contributed by atoms with van der Waals surface area (Å²) >= 11 is 0. The Balaban J connectivity index is 1.50. The topological polar surface area (TPSA) is 139 Å². The SMILES string of the molecule is O=C1CC(O)C(O)C2C1CC13SSC4(CC5C(O)C=CC(O)C5N4C1=O)C(=O)N23. The molecule has 5 heterocycles. The van der Waals surface area contributed by atoms with Crippen LogP contribution in [0.5, 0.6) is 0 Å². The van der Waals surface area contributed by atoms with Crippen molar-refractivity contribution in [3.05, 3.63) is 12.2 Å². The van der Waals surface area contributed by atoms with E-state index in [0.29, 0.717) is 0 Å². The van der Waals surface area contributed by atoms with E-state index >= 15 is 0 Å². The van der Waals surface area contributed by atoms with Gasteiger partial charge in [0.2, 0.25) is 0 Å². The van der Waals surface area contributed by atoms with Crippen LogP contribution in [-0.2, 0) is 14.4 Å². The minimum Gasteiger partial charge on any atom is -0.390 e. The Morgan fingerprint density at radius 1 is 0.862 bits per heavy atom. The molecule has 7 rings (SSSR count). The summed E-state index contributed by atoms with van der Waals surface area (Å²) in [5, 5.41) is 41.8. The van der Waals surface area contributed by atoms with Gasteiger partial charge in [0.15, 0.2) is 9.74 Å². The summed E-state index contributed by atoms with van der Waals surface area (Å²) < 4.78 is 0. The molecular formula is C18H20N2O7S2. The van der Waals surface area contributed by atoms with Crippen LogP contribution in [0.2, 0.25) is 0 Å². The molecule has 2 amide bonds. The van der Waals surface area contributed by atoms with E-state index < -0.39 is 58.1 Å². The van der Waals surface area contributed by atoms with Crippen LogP contribution in [0.25, 0.3) is 0 Å². The first kappa shape index (κ1) is 18.6. The second-order valence-corrected chi connectivity index (χ2v) is 11.5. The van der Waals surface area contributed by atoms with Crippen LogP contribution in [0, 0.1) is 11.8 Å². The van der Waals surface area contributed by atoms with E-state index in [1.807, 2.05) is 0 Å². The summed E-state index contributed by atoms with van der Waals surface area (Å²) in [7, 11) is 2.49. The van der Waals surface area contributed by atoms with Gasteiger partial charge in [-0.1, -0.05) is 33.7 Å². The van der Waals surface area contributed by atoms with Crippen molar-refractivity contribution in [3.63, 3.8) is 0 Å². The fraction of sp³-hybridized carbons (Fsp3) is 0.722. The molecular weight excluding hydrogens is 420 g/mol. The monoisotopic (exact) mass is 440 g/mol. The first-order valence-electron chi connectivity index (χ1n) is 9.70. The summed E-state index contributed by atoms with van der Waals surface area (Å²) in [4.78, 5) is 40.3. The Hall–Kier alpha value is -1.11. The summed E-state index contributed by atoms with van der Waals surface area (Å²) in [6.45, 7) is 0. The summed E-state index contributed by atoms with van der Waals surface area (Å²) in [6.07, 6.45) is -1.42. The van der Waals surface area contributed by atoms with Gasteiger partial charge in [0.05, 0.1) is 30.4 Å². The number of ketones is 1. The molecule has 6 fully saturated rings. The largest absolute Gasteiger partial charge is 0.390 e. The average Bonchev–Trinajstić information content (AvgIpc) is 3.23. The molecule has 1 saturated carbocycles. The molecule has 2 bridgehead atoms. The second-order valence-electron chi connectivity index (χ2n) is 8.84. The Morgan fingerprint density at radius 2 is 1.45 bits per heavy atom. The number of carbonyl (C=O) groups excluding carboxylic acids is 3. The normalized spacial score (nSPS) is 55.1. The van der Waals surface area contributed by atoms with Crippen molar-refractivity contribution in [2.24, 2.45) is 11.8 Å². The van der Waals surface area contributed by atoms with E-state index in [0.717, 1.165) is 0 Å². The molecule has 5 aliphatic heterocycles. The number of carbonyl (C=O) groups is 3. The van der Waals surface area contributed by atoms with Crippen molar-refractivity contribution in [2.45, 2.75) is 65.5 Å². The van der Waals surface area contributed by atoms with Crippen molar-refractivity contribution in [1.29, 1.82) is 0 Å². The highest BCUT2D eigenvalue weighted by Crippen LogP contribution is 2.70. The molecule has 0 aromatic rings. The number of aliphatic hydroxyl groups excluding tert-OH is 4. The number of nitrogens with zero attached hydrogens (tertiary/aromatic N) is 2. The third kappa shape index (κ3) is 1.93. The molecule has 5 saturated heterocycles. The highest BCUT2D eigenvalue weighted by atomic mass is 33.1. The van der Waals surface area contributed by atoms with Gasteiger partial charge in [-0.2, -0.15) is 0 Å². The van der Waals surface area contributed by atoms with E-state index in [2.05, 4.69) is 0 Å². The van der Waals surface area contributed by atoms with E-state index in [1.54, 1.807) is 0 Å². The molecule has 10 atom stereocenters. The van der Waals surface area contributed by atoms with Gasteiger partial charge in [0, 0.05) is 24.7 Å². The molecule has 0 aromatic carbocycles. The average molecular weight is 440 g/mol. The summed E-state index contributed by atoms with van der Waals surface area (Å²) in [5.74, 6) is -2.19. The molecule has 4 N–H and O–H groups in total. The highest BCUT2D eigenvalue weighted by molar-refractivity contribution is 8.78. The van der Waals surface area contributed by atoms with E-state index in [9.17, 15) is 34.8 Å². The molecule has 156 valence electrons. The number of aliphatic hydroxyl groups is 4. The van der Waals surface area contributed by atoms with Crippen LogP contribution in [0.1, 0.15) is 19.3 Å². The summed E-state index contributed by atoms with van der Waals surface area (Å²) in [6, 6.07) is -1.65. The first-order chi connectivity index (χ1) is 13.7. The number of piperazine rings is 1. The van der Waals surface area contributed by atoms with Gasteiger partial charge in [-0.15, -0.1) is 0 Å². The van der Waals surface area contributed by atoms with Crippen LogP contribution in [-0.4, -0.2) is 94.1 Å². The number of hydrogen-bond acceptors (Lipinski definition) is 9. The molecule has 2 aliphatic carbocycles. The van der Waals surface area contributed by atoms with Gasteiger partial charge in [0.25, 0.3) is 11.8 Å². The van der Waals surface area contributed by atoms with Gasteiger partial charge < -0.3 is 30.2 Å². The van der Waals surface area contributed by atoms with Gasteiger partial charge in [-0.3, -0.25) is 14.4 Å². The lowest BCUT2D eigenvalue weighted by Crippen LogP contribution is -2.77. The van der Waals surface area contributed by atoms with Gasteiger partial charge in [-0.05, 0) is 6.42 Å². The van der Waals surface area contributed by atoms with Crippen molar-refractivity contribution in [3.8, 4) is 0 Å². The zero-order chi connectivity index (χ0) is 20.5. The maximum absolute atomic E-state index is 13.8. The standard InChI is InChI=1S/C18H20N2O7S2/c21-8-1-2-9(22)12-6(8)4-17-16(27)20-13-7(10(23)3-11(24)14(13)25)5-18(20,29-28-17)15(26)19(12)17/h1-2,6-9,11-14,21-22,24-25H,3-5H2. The van der Waals surface area contributed by atoms with Crippen LogP contribution >= 0.6 is 21.6 Å². The Morgan fingerprint density at radius 3 is 2.14 bits per heavy atom. The van der Waals surface area contributed by atoms with Crippen LogP contribution in [0.4, 0.5) is 0 Å². The lowest BCUT2D eigenvalue weighted by atomic mass is 9.80. The zero-order valence-electron chi connectivity index (χ0n) is 15.1. The Kier molecular flexibility index (Phi) is 3.58. The number of Topliss-reactive ketones (excluding diaryl/α,β-unsaturated/α-hetero) is 1. The molecule has 11 heteroatoms. The van der Waals surface area contributed by atoms with Gasteiger partial charge >= 0.3 is 0 Å². The molecule has 7 aliphatic rings. The summed E-state index contributed by atoms with van der Waals surface area (Å²) in [5.41, 5.74) is 0. The third-order valence-corrected chi connectivity index (χ3v) is 11.1. The Bertz CT molecular complexity index is 884. The molecule has 10 unspecified atom stereocenters.